The molecular formula is C14H14BrN3O2. The molecule has 0 radical (unpaired) electrons. The number of amides is 1. The van der Waals surface area contributed by atoms with Gasteiger partial charge in [-0.25, -0.2) is 4.98 Å². The third-order valence-electron chi connectivity index (χ3n) is 2.54. The third-order valence-corrected chi connectivity index (χ3v) is 3.04. The molecule has 0 spiro atoms. The number of nitrogen functional groups attached to an aromatic ring is 1. The molecule has 0 bridgehead atoms. The van der Waals surface area contributed by atoms with Crippen LogP contribution in [0.2, 0.25) is 0 Å². The zero-order valence-electron chi connectivity index (χ0n) is 10.9. The highest BCUT2D eigenvalue weighted by atomic mass is 79.9. The number of carbonyl (C=O) groups is 1. The van der Waals surface area contributed by atoms with E-state index in [9.17, 15) is 4.79 Å². The van der Waals surface area contributed by atoms with Crippen molar-refractivity contribution < 1.29 is 9.53 Å². The summed E-state index contributed by atoms with van der Waals surface area (Å²) in [6, 6.07) is 8.54. The topological polar surface area (TPSA) is 77.2 Å². The van der Waals surface area contributed by atoms with Gasteiger partial charge in [-0.2, -0.15) is 0 Å². The van der Waals surface area contributed by atoms with Crippen LogP contribution in [0.4, 0.5) is 11.4 Å². The fourth-order valence-corrected chi connectivity index (χ4v) is 2.01. The van der Waals surface area contributed by atoms with Crippen LogP contribution < -0.4 is 15.8 Å². The molecule has 1 amide bonds. The Labute approximate surface area is 125 Å². The molecule has 0 aliphatic rings. The van der Waals surface area contributed by atoms with Crippen molar-refractivity contribution in [2.75, 3.05) is 17.7 Å². The van der Waals surface area contributed by atoms with E-state index in [1.165, 1.54) is 6.20 Å². The van der Waals surface area contributed by atoms with Crippen LogP contribution in [0, 0.1) is 0 Å². The number of pyridine rings is 1. The average molecular weight is 336 g/mol. The van der Waals surface area contributed by atoms with Crippen LogP contribution in [-0.4, -0.2) is 17.5 Å². The number of ether oxygens (including phenoxy) is 1. The summed E-state index contributed by atoms with van der Waals surface area (Å²) >= 11 is 3.30. The molecule has 0 fully saturated rings. The fourth-order valence-electron chi connectivity index (χ4n) is 1.63. The molecule has 0 aliphatic heterocycles. The lowest BCUT2D eigenvalue weighted by atomic mass is 10.1. The number of nitrogens with one attached hydrogen (secondary N) is 1. The first-order chi connectivity index (χ1) is 9.60. The monoisotopic (exact) mass is 335 g/mol. The van der Waals surface area contributed by atoms with Crippen LogP contribution in [0.1, 0.15) is 17.3 Å². The molecule has 0 atom stereocenters. The number of halogens is 1. The van der Waals surface area contributed by atoms with Crippen molar-refractivity contribution in [3.05, 3.63) is 46.6 Å². The molecule has 2 aromatic rings. The summed E-state index contributed by atoms with van der Waals surface area (Å²) in [7, 11) is 0. The summed E-state index contributed by atoms with van der Waals surface area (Å²) < 4.78 is 6.06. The summed E-state index contributed by atoms with van der Waals surface area (Å²) in [5.74, 6) is 0.245. The second-order valence-electron chi connectivity index (χ2n) is 4.00. The van der Waals surface area contributed by atoms with E-state index >= 15 is 0 Å². The molecule has 0 unspecified atom stereocenters. The zero-order chi connectivity index (χ0) is 14.5. The standard InChI is InChI=1S/C14H14BrN3O2/c1-2-20-13-6-4-10(8-17-13)18-14(19)11-5-3-9(15)7-12(11)16/h3-8H,2,16H2,1H3,(H,18,19). The van der Waals surface area contributed by atoms with Gasteiger partial charge in [0.2, 0.25) is 5.88 Å². The van der Waals surface area contributed by atoms with E-state index in [-0.39, 0.29) is 5.91 Å². The van der Waals surface area contributed by atoms with Gasteiger partial charge in [0.25, 0.3) is 5.91 Å². The van der Waals surface area contributed by atoms with Gasteiger partial charge in [-0.05, 0) is 31.2 Å². The van der Waals surface area contributed by atoms with Gasteiger partial charge in [-0.3, -0.25) is 4.79 Å². The van der Waals surface area contributed by atoms with Gasteiger partial charge in [0.05, 0.1) is 24.1 Å². The van der Waals surface area contributed by atoms with Gasteiger partial charge in [0.1, 0.15) is 0 Å². The predicted molar refractivity (Wildman–Crippen MR) is 81.9 cm³/mol. The van der Waals surface area contributed by atoms with Gasteiger partial charge in [-0.1, -0.05) is 15.9 Å². The number of carbonyl (C=O) groups excluding carboxylic acids is 1. The number of nitrogens with zero attached hydrogens (tertiary/aromatic N) is 1. The number of hydrogen-bond acceptors (Lipinski definition) is 4. The van der Waals surface area contributed by atoms with Crippen LogP contribution in [0.5, 0.6) is 5.88 Å². The summed E-state index contributed by atoms with van der Waals surface area (Å²) in [5, 5.41) is 2.74. The Bertz CT molecular complexity index is 614. The van der Waals surface area contributed by atoms with Crippen LogP contribution in [0.25, 0.3) is 0 Å². The largest absolute Gasteiger partial charge is 0.478 e. The minimum atomic E-state index is -0.277. The number of rotatable bonds is 4. The van der Waals surface area contributed by atoms with Gasteiger partial charge in [-0.15, -0.1) is 0 Å². The number of benzene rings is 1. The van der Waals surface area contributed by atoms with Crippen LogP contribution in [-0.2, 0) is 0 Å². The highest BCUT2D eigenvalue weighted by molar-refractivity contribution is 9.10. The van der Waals surface area contributed by atoms with Crippen molar-refractivity contribution in [2.24, 2.45) is 0 Å². The predicted octanol–water partition coefficient (Wildman–Crippen LogP) is 3.08. The lowest BCUT2D eigenvalue weighted by Crippen LogP contribution is -2.14. The summed E-state index contributed by atoms with van der Waals surface area (Å²) in [6.07, 6.45) is 1.54. The smallest absolute Gasteiger partial charge is 0.257 e. The van der Waals surface area contributed by atoms with Crippen molar-refractivity contribution in [1.29, 1.82) is 0 Å². The normalized spacial score (nSPS) is 10.1. The van der Waals surface area contributed by atoms with Gasteiger partial charge >= 0.3 is 0 Å². The van der Waals surface area contributed by atoms with E-state index in [1.54, 1.807) is 30.3 Å². The molecular weight excluding hydrogens is 322 g/mol. The van der Waals surface area contributed by atoms with Gasteiger partial charge in [0, 0.05) is 16.2 Å². The Balaban J connectivity index is 2.11. The first-order valence-electron chi connectivity index (χ1n) is 6.05. The lowest BCUT2D eigenvalue weighted by molar-refractivity contribution is 0.102. The minimum absolute atomic E-state index is 0.277. The number of aromatic nitrogens is 1. The molecule has 5 nitrogen and oxygen atoms in total. The molecule has 1 aromatic carbocycles. The SMILES string of the molecule is CCOc1ccc(NC(=O)c2ccc(Br)cc2N)cn1. The second kappa shape index (κ2) is 6.38. The van der Waals surface area contributed by atoms with Crippen LogP contribution in [0.15, 0.2) is 41.0 Å². The number of hydrogen-bond donors (Lipinski definition) is 2. The Kier molecular flexibility index (Phi) is 4.57. The Morgan fingerprint density at radius 1 is 1.40 bits per heavy atom. The highest BCUT2D eigenvalue weighted by Gasteiger charge is 2.10. The van der Waals surface area contributed by atoms with Crippen molar-refractivity contribution in [3.63, 3.8) is 0 Å². The van der Waals surface area contributed by atoms with Crippen LogP contribution in [0.3, 0.4) is 0 Å². The maximum atomic E-state index is 12.1. The second-order valence-corrected chi connectivity index (χ2v) is 4.92. The van der Waals surface area contributed by atoms with E-state index in [0.717, 1.165) is 4.47 Å². The molecule has 6 heteroatoms. The molecule has 104 valence electrons. The quantitative estimate of drug-likeness (QED) is 0.841. The number of anilines is 2. The Morgan fingerprint density at radius 3 is 2.80 bits per heavy atom. The highest BCUT2D eigenvalue weighted by Crippen LogP contribution is 2.20. The Morgan fingerprint density at radius 2 is 2.20 bits per heavy atom. The average Bonchev–Trinajstić information content (AvgIpc) is 2.41. The zero-order valence-corrected chi connectivity index (χ0v) is 12.5. The fraction of sp³-hybridized carbons (Fsp3) is 0.143. The summed E-state index contributed by atoms with van der Waals surface area (Å²) in [4.78, 5) is 16.2. The molecule has 2 rings (SSSR count). The molecule has 3 N–H and O–H groups in total. The maximum absolute atomic E-state index is 12.1. The van der Waals surface area contributed by atoms with E-state index < -0.39 is 0 Å². The minimum Gasteiger partial charge on any atom is -0.478 e. The summed E-state index contributed by atoms with van der Waals surface area (Å²) in [6.45, 7) is 2.43. The van der Waals surface area contributed by atoms with Crippen molar-refractivity contribution in [2.45, 2.75) is 6.92 Å². The van der Waals surface area contributed by atoms with E-state index in [2.05, 4.69) is 26.2 Å². The van der Waals surface area contributed by atoms with Gasteiger partial charge in [0.15, 0.2) is 0 Å². The summed E-state index contributed by atoms with van der Waals surface area (Å²) in [5.41, 5.74) is 7.23. The Hall–Kier alpha value is -2.08. The van der Waals surface area contributed by atoms with Crippen molar-refractivity contribution >= 4 is 33.2 Å². The van der Waals surface area contributed by atoms with Gasteiger partial charge < -0.3 is 15.8 Å². The lowest BCUT2D eigenvalue weighted by Gasteiger charge is -2.08. The van der Waals surface area contributed by atoms with Crippen molar-refractivity contribution in [1.82, 2.24) is 4.98 Å². The molecule has 1 heterocycles. The number of nitrogens with two attached hydrogens (primary N) is 1. The first kappa shape index (κ1) is 14.3. The molecule has 1 aromatic heterocycles. The van der Waals surface area contributed by atoms with Crippen molar-refractivity contribution in [3.8, 4) is 5.88 Å². The van der Waals surface area contributed by atoms with Crippen LogP contribution >= 0.6 is 15.9 Å². The molecule has 0 saturated heterocycles. The third kappa shape index (κ3) is 3.48. The molecule has 0 aliphatic carbocycles. The van der Waals surface area contributed by atoms with E-state index in [0.29, 0.717) is 29.4 Å². The molecule has 0 saturated carbocycles. The molecule has 20 heavy (non-hydrogen) atoms. The van der Waals surface area contributed by atoms with E-state index in [4.69, 9.17) is 10.5 Å². The van der Waals surface area contributed by atoms with E-state index in [1.807, 2.05) is 6.92 Å². The first-order valence-corrected chi connectivity index (χ1v) is 6.84. The maximum Gasteiger partial charge on any atom is 0.257 e.